The number of halogens is 2. The Morgan fingerprint density at radius 1 is 1.02 bits per heavy atom. The minimum atomic E-state index is -0.435. The Balaban J connectivity index is 1.16. The van der Waals surface area contributed by atoms with E-state index in [0.29, 0.717) is 47.3 Å². The molecule has 0 saturated carbocycles. The summed E-state index contributed by atoms with van der Waals surface area (Å²) in [6.45, 7) is 0.546. The van der Waals surface area contributed by atoms with Gasteiger partial charge in [-0.1, -0.05) is 23.7 Å². The number of rotatable bonds is 14. The van der Waals surface area contributed by atoms with E-state index in [4.69, 9.17) is 21.4 Å². The minimum Gasteiger partial charge on any atom is -0.507 e. The smallest absolute Gasteiger partial charge is 0.354 e. The van der Waals surface area contributed by atoms with Gasteiger partial charge in [-0.2, -0.15) is 16.9 Å². The van der Waals surface area contributed by atoms with Crippen LogP contribution in [0.5, 0.6) is 5.75 Å². The van der Waals surface area contributed by atoms with E-state index < -0.39 is 5.97 Å². The first-order chi connectivity index (χ1) is 23.8. The molecule has 6 rings (SSSR count). The lowest BCUT2D eigenvalue weighted by Gasteiger charge is -2.14. The number of aryl methyl sites for hydroxylation is 5. The van der Waals surface area contributed by atoms with Gasteiger partial charge in [0.25, 0.3) is 0 Å². The van der Waals surface area contributed by atoms with Crippen LogP contribution >= 0.6 is 23.4 Å². The van der Waals surface area contributed by atoms with Gasteiger partial charge in [-0.05, 0) is 90.8 Å². The number of phenolic OH excluding ortho intramolecular Hbond substituents is 1. The molecule has 254 valence electrons. The van der Waals surface area contributed by atoms with E-state index in [-0.39, 0.29) is 18.2 Å². The molecule has 3 aromatic carbocycles. The maximum atomic E-state index is 13.8. The zero-order chi connectivity index (χ0) is 34.5. The second kappa shape index (κ2) is 15.4. The lowest BCUT2D eigenvalue weighted by molar-refractivity contribution is 0.0587. The van der Waals surface area contributed by atoms with Gasteiger partial charge in [-0.3, -0.25) is 4.68 Å². The third-order valence-corrected chi connectivity index (χ3v) is 10.1. The second-order valence-electron chi connectivity index (χ2n) is 11.9. The zero-order valence-corrected chi connectivity index (χ0v) is 28.9. The molecule has 6 aromatic rings. The molecular weight excluding hydrogens is 665 g/mol. The van der Waals surface area contributed by atoms with Gasteiger partial charge < -0.3 is 19.5 Å². The molecule has 0 fully saturated rings. The van der Waals surface area contributed by atoms with Crippen molar-refractivity contribution < 1.29 is 24.1 Å². The molecule has 0 bridgehead atoms. The van der Waals surface area contributed by atoms with Crippen molar-refractivity contribution in [2.24, 2.45) is 7.05 Å². The van der Waals surface area contributed by atoms with E-state index in [0.717, 1.165) is 68.9 Å². The van der Waals surface area contributed by atoms with E-state index in [1.807, 2.05) is 34.5 Å². The maximum absolute atomic E-state index is 13.8. The highest BCUT2D eigenvalue weighted by Gasteiger charge is 2.26. The summed E-state index contributed by atoms with van der Waals surface area (Å²) >= 11 is 8.55. The van der Waals surface area contributed by atoms with Crippen LogP contribution in [0.3, 0.4) is 0 Å². The van der Waals surface area contributed by atoms with Crippen LogP contribution in [0.25, 0.3) is 32.8 Å². The van der Waals surface area contributed by atoms with Crippen molar-refractivity contribution in [3.8, 4) is 16.9 Å². The number of carbonyl (C=O) groups excluding carboxylic acids is 1. The van der Waals surface area contributed by atoms with Gasteiger partial charge in [-0.25, -0.2) is 19.2 Å². The van der Waals surface area contributed by atoms with Crippen LogP contribution in [-0.2, 0) is 43.3 Å². The van der Waals surface area contributed by atoms with Crippen LogP contribution in [0.1, 0.15) is 45.8 Å². The Bertz CT molecular complexity index is 2120. The Morgan fingerprint density at radius 2 is 1.82 bits per heavy atom. The van der Waals surface area contributed by atoms with Crippen molar-refractivity contribution in [2.45, 2.75) is 44.4 Å². The van der Waals surface area contributed by atoms with Crippen molar-refractivity contribution >= 4 is 51.0 Å². The summed E-state index contributed by atoms with van der Waals surface area (Å²) < 4.78 is 22.9. The third kappa shape index (κ3) is 7.44. The molecule has 3 aromatic heterocycles. The Labute approximate surface area is 292 Å². The lowest BCUT2D eigenvalue weighted by Crippen LogP contribution is -2.14. The maximum Gasteiger partial charge on any atom is 0.354 e. The highest BCUT2D eigenvalue weighted by atomic mass is 35.5. The average molecular weight is 702 g/mol. The Morgan fingerprint density at radius 3 is 2.59 bits per heavy atom. The highest BCUT2D eigenvalue weighted by molar-refractivity contribution is 7.98. The average Bonchev–Trinajstić information content (AvgIpc) is 3.61. The molecule has 9 nitrogen and oxygen atoms in total. The molecule has 12 heteroatoms. The molecule has 0 amide bonds. The summed E-state index contributed by atoms with van der Waals surface area (Å²) in [5, 5.41) is 27.5. The third-order valence-electron chi connectivity index (χ3n) is 8.66. The molecule has 0 atom stereocenters. The van der Waals surface area contributed by atoms with E-state index >= 15 is 0 Å². The van der Waals surface area contributed by atoms with E-state index in [1.54, 1.807) is 36.3 Å². The number of aromatic nitrogens is 5. The number of esters is 1. The predicted molar refractivity (Wildman–Crippen MR) is 192 cm³/mol. The number of phenols is 1. The van der Waals surface area contributed by atoms with Crippen LogP contribution in [0.15, 0.2) is 67.3 Å². The number of fused-ring (bicyclic) bond motifs is 2. The molecule has 0 unspecified atom stereocenters. The summed E-state index contributed by atoms with van der Waals surface area (Å²) in [5.41, 5.74) is 6.58. The molecule has 49 heavy (non-hydrogen) atoms. The molecule has 0 radical (unpaired) electrons. The van der Waals surface area contributed by atoms with Gasteiger partial charge in [0.05, 0.1) is 23.3 Å². The number of hydrogen-bond donors (Lipinski definition) is 2. The highest BCUT2D eigenvalue weighted by Crippen LogP contribution is 2.40. The Hall–Kier alpha value is -4.45. The van der Waals surface area contributed by atoms with Crippen LogP contribution in [-0.4, -0.2) is 60.0 Å². The largest absolute Gasteiger partial charge is 0.507 e. The number of benzene rings is 3. The van der Waals surface area contributed by atoms with Gasteiger partial charge in [0.15, 0.2) is 0 Å². The van der Waals surface area contributed by atoms with Crippen molar-refractivity contribution in [2.75, 3.05) is 19.5 Å². The summed E-state index contributed by atoms with van der Waals surface area (Å²) in [7, 11) is 3.31. The monoisotopic (exact) mass is 701 g/mol. The molecule has 2 N–H and O–H groups in total. The number of aliphatic hydroxyl groups is 1. The van der Waals surface area contributed by atoms with E-state index in [9.17, 15) is 19.4 Å². The molecule has 0 spiro atoms. The number of ether oxygens (including phenoxy) is 1. The van der Waals surface area contributed by atoms with E-state index in [1.165, 1.54) is 25.6 Å². The lowest BCUT2D eigenvalue weighted by atomic mass is 10.0. The minimum absolute atomic E-state index is 0.000385. The van der Waals surface area contributed by atoms with Crippen LogP contribution < -0.4 is 0 Å². The van der Waals surface area contributed by atoms with Gasteiger partial charge in [0, 0.05) is 65.9 Å². The molecule has 0 aliphatic rings. The first-order valence-electron chi connectivity index (χ1n) is 16.1. The van der Waals surface area contributed by atoms with Gasteiger partial charge in [0.1, 0.15) is 23.6 Å². The number of thioether (sulfide) groups is 1. The summed E-state index contributed by atoms with van der Waals surface area (Å²) in [4.78, 5) is 21.7. The summed E-state index contributed by atoms with van der Waals surface area (Å²) in [6.07, 6.45) is 8.06. The predicted octanol–water partition coefficient (Wildman–Crippen LogP) is 7.30. The van der Waals surface area contributed by atoms with Crippen molar-refractivity contribution in [3.05, 3.63) is 106 Å². The van der Waals surface area contributed by atoms with Crippen molar-refractivity contribution in [1.82, 2.24) is 24.3 Å². The number of aliphatic hydroxyl groups excluding tert-OH is 1. The first kappa shape index (κ1) is 34.4. The molecule has 0 saturated heterocycles. The second-order valence-corrected chi connectivity index (χ2v) is 13.4. The molecule has 3 heterocycles. The van der Waals surface area contributed by atoms with Gasteiger partial charge in [0.2, 0.25) is 0 Å². The fourth-order valence-corrected chi connectivity index (χ4v) is 7.52. The van der Waals surface area contributed by atoms with Crippen LogP contribution in [0.4, 0.5) is 4.39 Å². The van der Waals surface area contributed by atoms with Crippen molar-refractivity contribution in [3.63, 3.8) is 0 Å². The standard InChI is InChI=1S/C37H37ClFN5O4S/c1-43-28(8-6-23-15-24-17-26(39)7-9-29(24)33(46)16-23)18-27(42-43)21-49-14-4-12-44-35-31(30(5-3-13-45)36(44)37(47)48-2)10-11-32(38)34(35)25-19-40-22-41-20-25/h7,9-11,15-20,22,45-46H,3-6,8,12-14,21H2,1-2H3. The van der Waals surface area contributed by atoms with Crippen LogP contribution in [0, 0.1) is 5.82 Å². The fourth-order valence-electron chi connectivity index (χ4n) is 6.43. The van der Waals surface area contributed by atoms with Gasteiger partial charge >= 0.3 is 5.97 Å². The first-order valence-corrected chi connectivity index (χ1v) is 17.6. The SMILES string of the molecule is COC(=O)c1c(CCCO)c2ccc(Cl)c(-c3cncnc3)c2n1CCCSCc1cc(CCc2cc(O)c3ccc(F)cc3c2)n(C)n1. The Kier molecular flexibility index (Phi) is 10.8. The fraction of sp³-hybridized carbons (Fsp3) is 0.297. The van der Waals surface area contributed by atoms with Crippen molar-refractivity contribution in [1.29, 1.82) is 0 Å². The quantitative estimate of drug-likeness (QED) is 0.0898. The summed E-state index contributed by atoms with van der Waals surface area (Å²) in [5.74, 6) is 0.921. The van der Waals surface area contributed by atoms with Crippen LogP contribution in [0.2, 0.25) is 5.02 Å². The number of hydrogen-bond acceptors (Lipinski definition) is 8. The number of aromatic hydroxyl groups is 1. The topological polar surface area (TPSA) is 115 Å². The molecule has 0 aliphatic heterocycles. The number of methoxy groups -OCH3 is 1. The number of nitrogens with zero attached hydrogens (tertiary/aromatic N) is 5. The number of carbonyl (C=O) groups is 1. The molecular formula is C37H37ClFN5O4S. The normalized spacial score (nSPS) is 11.5. The van der Waals surface area contributed by atoms with Gasteiger partial charge in [-0.15, -0.1) is 0 Å². The summed E-state index contributed by atoms with van der Waals surface area (Å²) in [6, 6.07) is 13.9. The zero-order valence-electron chi connectivity index (χ0n) is 27.3. The molecule has 0 aliphatic carbocycles. The van der Waals surface area contributed by atoms with E-state index in [2.05, 4.69) is 16.0 Å².